The zero-order chi connectivity index (χ0) is 24.7. The second-order valence-corrected chi connectivity index (χ2v) is 8.72. The van der Waals surface area contributed by atoms with Crippen LogP contribution in [-0.4, -0.2) is 31.6 Å². The Morgan fingerprint density at radius 1 is 1.03 bits per heavy atom. The van der Waals surface area contributed by atoms with Crippen molar-refractivity contribution in [2.24, 2.45) is 5.10 Å². The predicted molar refractivity (Wildman–Crippen MR) is 128 cm³/mol. The Bertz CT molecular complexity index is 1320. The molecule has 0 bridgehead atoms. The molecule has 0 aliphatic carbocycles. The number of rotatable bonds is 9. The number of carbonyl (C=O) groups excluding carboxylic acids is 1. The number of anilines is 1. The van der Waals surface area contributed by atoms with Crippen LogP contribution in [0.1, 0.15) is 29.8 Å². The van der Waals surface area contributed by atoms with Gasteiger partial charge in [0.25, 0.3) is 21.6 Å². The van der Waals surface area contributed by atoms with Gasteiger partial charge in [0, 0.05) is 28.9 Å². The van der Waals surface area contributed by atoms with E-state index >= 15 is 0 Å². The van der Waals surface area contributed by atoms with Crippen LogP contribution in [0.2, 0.25) is 0 Å². The maximum Gasteiger partial charge on any atom is 0.271 e. The quantitative estimate of drug-likeness (QED) is 0.269. The maximum atomic E-state index is 12.6. The molecule has 0 atom stereocenters. The monoisotopic (exact) mass is 482 g/mol. The summed E-state index contributed by atoms with van der Waals surface area (Å²) in [6.07, 6.45) is 0. The third kappa shape index (κ3) is 6.17. The van der Waals surface area contributed by atoms with Gasteiger partial charge in [-0.3, -0.25) is 19.6 Å². The smallest absolute Gasteiger partial charge is 0.271 e. The van der Waals surface area contributed by atoms with Crippen molar-refractivity contribution < 1.29 is 22.9 Å². The highest BCUT2D eigenvalue weighted by atomic mass is 32.2. The Labute approximate surface area is 196 Å². The Morgan fingerprint density at radius 3 is 2.32 bits per heavy atom. The fraction of sp³-hybridized carbons (Fsp3) is 0.130. The molecule has 176 valence electrons. The first-order valence-corrected chi connectivity index (χ1v) is 11.6. The second-order valence-electron chi connectivity index (χ2n) is 7.03. The minimum atomic E-state index is -3.82. The predicted octanol–water partition coefficient (Wildman–Crippen LogP) is 3.95. The molecule has 0 fully saturated rings. The number of benzene rings is 3. The molecule has 0 unspecified atom stereocenters. The molecular formula is C23H22N4O6S. The number of sulfonamides is 1. The Hall–Kier alpha value is -4.25. The molecule has 2 N–H and O–H groups in total. The summed E-state index contributed by atoms with van der Waals surface area (Å²) in [5, 5.41) is 14.9. The minimum absolute atomic E-state index is 0.0729. The van der Waals surface area contributed by atoms with Gasteiger partial charge in [0.15, 0.2) is 0 Å². The average molecular weight is 483 g/mol. The van der Waals surface area contributed by atoms with Crippen molar-refractivity contribution in [2.45, 2.75) is 18.7 Å². The zero-order valence-corrected chi connectivity index (χ0v) is 19.2. The second kappa shape index (κ2) is 10.6. The highest BCUT2D eigenvalue weighted by Crippen LogP contribution is 2.20. The van der Waals surface area contributed by atoms with Crippen LogP contribution in [0.4, 0.5) is 11.4 Å². The van der Waals surface area contributed by atoms with Gasteiger partial charge in [0.05, 0.1) is 22.1 Å². The number of ether oxygens (including phenoxy) is 1. The number of nitro benzene ring substituents is 1. The zero-order valence-electron chi connectivity index (χ0n) is 18.4. The Morgan fingerprint density at radius 2 is 1.71 bits per heavy atom. The van der Waals surface area contributed by atoms with E-state index in [-0.39, 0.29) is 21.8 Å². The van der Waals surface area contributed by atoms with E-state index in [1.807, 2.05) is 6.92 Å². The Kier molecular flexibility index (Phi) is 7.59. The number of nitro groups is 1. The summed E-state index contributed by atoms with van der Waals surface area (Å²) in [5.41, 5.74) is 3.71. The van der Waals surface area contributed by atoms with Crippen LogP contribution in [0.3, 0.4) is 0 Å². The van der Waals surface area contributed by atoms with E-state index < -0.39 is 20.9 Å². The topological polar surface area (TPSA) is 140 Å². The molecule has 0 aliphatic rings. The van der Waals surface area contributed by atoms with E-state index in [1.54, 1.807) is 25.1 Å². The van der Waals surface area contributed by atoms with Crippen LogP contribution < -0.4 is 14.9 Å². The van der Waals surface area contributed by atoms with E-state index in [0.29, 0.717) is 23.6 Å². The molecule has 0 aromatic heterocycles. The molecule has 10 nitrogen and oxygen atoms in total. The molecule has 3 aromatic rings. The van der Waals surface area contributed by atoms with Crippen molar-refractivity contribution in [1.29, 1.82) is 0 Å². The van der Waals surface area contributed by atoms with Crippen molar-refractivity contribution in [2.75, 3.05) is 11.3 Å². The lowest BCUT2D eigenvalue weighted by molar-refractivity contribution is -0.384. The van der Waals surface area contributed by atoms with Crippen molar-refractivity contribution in [3.05, 3.63) is 94.0 Å². The average Bonchev–Trinajstić information content (AvgIpc) is 2.83. The van der Waals surface area contributed by atoms with Gasteiger partial charge < -0.3 is 4.74 Å². The third-order valence-corrected chi connectivity index (χ3v) is 6.04. The molecule has 1 amide bonds. The largest absolute Gasteiger partial charge is 0.494 e. The van der Waals surface area contributed by atoms with Gasteiger partial charge in [-0.15, -0.1) is 0 Å². The SMILES string of the molecule is CCOc1ccc(S(=O)(=O)Nc2ccc(C(=O)N/N=C(\C)c3cccc([N+](=O)[O-])c3)cc2)cc1. The van der Waals surface area contributed by atoms with E-state index in [1.165, 1.54) is 54.6 Å². The number of hydrazone groups is 1. The first-order valence-electron chi connectivity index (χ1n) is 10.1. The lowest BCUT2D eigenvalue weighted by Gasteiger charge is -2.10. The molecule has 0 saturated heterocycles. The van der Waals surface area contributed by atoms with Crippen molar-refractivity contribution >= 4 is 33.0 Å². The number of non-ortho nitro benzene ring substituents is 1. The van der Waals surface area contributed by atoms with Gasteiger partial charge in [0.1, 0.15) is 5.75 Å². The van der Waals surface area contributed by atoms with E-state index in [9.17, 15) is 23.3 Å². The lowest BCUT2D eigenvalue weighted by atomic mass is 10.1. The highest BCUT2D eigenvalue weighted by molar-refractivity contribution is 7.92. The van der Waals surface area contributed by atoms with Crippen LogP contribution >= 0.6 is 0 Å². The number of nitrogens with one attached hydrogen (secondary N) is 2. The van der Waals surface area contributed by atoms with Crippen molar-refractivity contribution in [1.82, 2.24) is 5.43 Å². The summed E-state index contributed by atoms with van der Waals surface area (Å²) in [4.78, 5) is 22.8. The molecule has 34 heavy (non-hydrogen) atoms. The third-order valence-electron chi connectivity index (χ3n) is 4.64. The summed E-state index contributed by atoms with van der Waals surface area (Å²) in [6.45, 7) is 3.92. The molecule has 3 rings (SSSR count). The molecule has 3 aromatic carbocycles. The summed E-state index contributed by atoms with van der Waals surface area (Å²) in [7, 11) is -3.82. The van der Waals surface area contributed by atoms with E-state index in [0.717, 1.165) is 0 Å². The molecule has 11 heteroatoms. The summed E-state index contributed by atoms with van der Waals surface area (Å²) >= 11 is 0. The standard InChI is InChI=1S/C23H22N4O6S/c1-3-33-21-11-13-22(14-12-21)34(31,32)26-19-9-7-17(8-10-19)23(28)25-24-16(2)18-5-4-6-20(15-18)27(29)30/h4-15,26H,3H2,1-2H3,(H,25,28)/b24-16+. The van der Waals surface area contributed by atoms with Crippen molar-refractivity contribution in [3.8, 4) is 5.75 Å². The van der Waals surface area contributed by atoms with Gasteiger partial charge in [-0.05, 0) is 62.4 Å². The van der Waals surface area contributed by atoms with Crippen LogP contribution in [0.5, 0.6) is 5.75 Å². The Balaban J connectivity index is 1.65. The number of carbonyl (C=O) groups is 1. The normalized spacial score (nSPS) is 11.5. The number of nitrogens with zero attached hydrogens (tertiary/aromatic N) is 2. The highest BCUT2D eigenvalue weighted by Gasteiger charge is 2.15. The van der Waals surface area contributed by atoms with Gasteiger partial charge in [-0.1, -0.05) is 12.1 Å². The molecule has 0 spiro atoms. The van der Waals surface area contributed by atoms with Crippen molar-refractivity contribution in [3.63, 3.8) is 0 Å². The molecule has 0 saturated carbocycles. The van der Waals surface area contributed by atoms with Gasteiger partial charge in [-0.2, -0.15) is 5.10 Å². The van der Waals surface area contributed by atoms with Gasteiger partial charge in [0.2, 0.25) is 0 Å². The van der Waals surface area contributed by atoms with Gasteiger partial charge >= 0.3 is 0 Å². The molecule has 0 radical (unpaired) electrons. The lowest BCUT2D eigenvalue weighted by Crippen LogP contribution is -2.19. The molecule has 0 aliphatic heterocycles. The number of hydrogen-bond acceptors (Lipinski definition) is 7. The molecular weight excluding hydrogens is 460 g/mol. The van der Waals surface area contributed by atoms with E-state index in [2.05, 4.69) is 15.2 Å². The fourth-order valence-electron chi connectivity index (χ4n) is 2.89. The van der Waals surface area contributed by atoms with Crippen LogP contribution in [-0.2, 0) is 10.0 Å². The fourth-order valence-corrected chi connectivity index (χ4v) is 3.95. The van der Waals surface area contributed by atoms with Gasteiger partial charge in [-0.25, -0.2) is 13.8 Å². The maximum absolute atomic E-state index is 12.6. The molecule has 0 heterocycles. The number of hydrogen-bond donors (Lipinski definition) is 2. The summed E-state index contributed by atoms with van der Waals surface area (Å²) in [6, 6.07) is 17.7. The first kappa shape index (κ1) is 24.4. The summed E-state index contributed by atoms with van der Waals surface area (Å²) in [5.74, 6) is 0.0471. The first-order chi connectivity index (χ1) is 16.2. The van der Waals surface area contributed by atoms with Crippen LogP contribution in [0.25, 0.3) is 0 Å². The number of amides is 1. The van der Waals surface area contributed by atoms with Crippen LogP contribution in [0.15, 0.2) is 82.8 Å². The summed E-state index contributed by atoms with van der Waals surface area (Å²) < 4.78 is 32.9. The minimum Gasteiger partial charge on any atom is -0.494 e. The van der Waals surface area contributed by atoms with E-state index in [4.69, 9.17) is 4.74 Å². The van der Waals surface area contributed by atoms with Crippen LogP contribution in [0, 0.1) is 10.1 Å².